The lowest BCUT2D eigenvalue weighted by Crippen LogP contribution is -1.91. The third kappa shape index (κ3) is 2.68. The summed E-state index contributed by atoms with van der Waals surface area (Å²) in [6.45, 7) is 2.58. The second kappa shape index (κ2) is 4.29. The molecule has 0 aromatic heterocycles. The van der Waals surface area contributed by atoms with E-state index in [0.717, 1.165) is 10.6 Å². The van der Waals surface area contributed by atoms with Gasteiger partial charge in [0.15, 0.2) is 0 Å². The number of benzene rings is 1. The SMILES string of the molecule is Cc1cc(Cl)cc(/C=C/CN)c1. The van der Waals surface area contributed by atoms with Gasteiger partial charge in [-0.15, -0.1) is 0 Å². The molecule has 2 heteroatoms. The van der Waals surface area contributed by atoms with Crippen LogP contribution in [0.25, 0.3) is 6.08 Å². The zero-order valence-electron chi connectivity index (χ0n) is 7.05. The third-order valence-corrected chi connectivity index (χ3v) is 1.73. The Balaban J connectivity index is 2.93. The minimum atomic E-state index is 0.561. The van der Waals surface area contributed by atoms with Crippen molar-refractivity contribution >= 4 is 17.7 Å². The van der Waals surface area contributed by atoms with Crippen molar-refractivity contribution in [2.45, 2.75) is 6.92 Å². The van der Waals surface area contributed by atoms with Gasteiger partial charge in [-0.05, 0) is 30.2 Å². The first-order chi connectivity index (χ1) is 5.72. The molecule has 0 heterocycles. The Bertz CT molecular complexity index is 272. The van der Waals surface area contributed by atoms with Crippen molar-refractivity contribution in [2.75, 3.05) is 6.54 Å². The van der Waals surface area contributed by atoms with E-state index in [2.05, 4.69) is 6.07 Å². The topological polar surface area (TPSA) is 26.0 Å². The van der Waals surface area contributed by atoms with Crippen LogP contribution in [0.3, 0.4) is 0 Å². The molecule has 1 nitrogen and oxygen atoms in total. The van der Waals surface area contributed by atoms with E-state index in [1.165, 1.54) is 5.56 Å². The Kier molecular flexibility index (Phi) is 3.32. The zero-order valence-corrected chi connectivity index (χ0v) is 7.81. The monoisotopic (exact) mass is 181 g/mol. The van der Waals surface area contributed by atoms with Gasteiger partial charge < -0.3 is 5.73 Å². The van der Waals surface area contributed by atoms with Crippen molar-refractivity contribution in [1.82, 2.24) is 0 Å². The number of nitrogens with two attached hydrogens (primary N) is 1. The lowest BCUT2D eigenvalue weighted by Gasteiger charge is -1.97. The van der Waals surface area contributed by atoms with Gasteiger partial charge in [0, 0.05) is 11.6 Å². The van der Waals surface area contributed by atoms with Crippen LogP contribution in [0.15, 0.2) is 24.3 Å². The Morgan fingerprint density at radius 2 is 2.17 bits per heavy atom. The minimum Gasteiger partial charge on any atom is -0.327 e. The van der Waals surface area contributed by atoms with Gasteiger partial charge >= 0.3 is 0 Å². The van der Waals surface area contributed by atoms with E-state index in [1.54, 1.807) is 0 Å². The molecule has 64 valence electrons. The molecular formula is C10H12ClN. The van der Waals surface area contributed by atoms with Gasteiger partial charge in [0.1, 0.15) is 0 Å². The maximum atomic E-state index is 5.86. The normalized spacial score (nSPS) is 10.9. The maximum Gasteiger partial charge on any atom is 0.0414 e. The molecule has 2 N–H and O–H groups in total. The maximum absolute atomic E-state index is 5.86. The molecule has 0 aliphatic carbocycles. The van der Waals surface area contributed by atoms with Crippen molar-refractivity contribution in [2.24, 2.45) is 5.73 Å². The molecule has 0 aliphatic rings. The average molecular weight is 182 g/mol. The number of halogens is 1. The van der Waals surface area contributed by atoms with Crippen LogP contribution in [-0.4, -0.2) is 6.54 Å². The molecule has 0 fully saturated rings. The average Bonchev–Trinajstić information content (AvgIpc) is 1.99. The summed E-state index contributed by atoms with van der Waals surface area (Å²) in [5, 5.41) is 0.770. The summed E-state index contributed by atoms with van der Waals surface area (Å²) >= 11 is 5.86. The molecule has 0 amide bonds. The van der Waals surface area contributed by atoms with Gasteiger partial charge in [0.2, 0.25) is 0 Å². The molecule has 0 atom stereocenters. The van der Waals surface area contributed by atoms with Crippen LogP contribution >= 0.6 is 11.6 Å². The van der Waals surface area contributed by atoms with E-state index in [9.17, 15) is 0 Å². The molecule has 0 spiro atoms. The van der Waals surface area contributed by atoms with Gasteiger partial charge in [-0.1, -0.05) is 29.8 Å². The predicted octanol–water partition coefficient (Wildman–Crippen LogP) is 2.62. The standard InChI is InChI=1S/C10H12ClN/c1-8-5-9(3-2-4-12)7-10(11)6-8/h2-3,5-7H,4,12H2,1H3/b3-2+. The highest BCUT2D eigenvalue weighted by Crippen LogP contribution is 2.15. The Labute approximate surface area is 77.8 Å². The quantitative estimate of drug-likeness (QED) is 0.746. The summed E-state index contributed by atoms with van der Waals surface area (Å²) in [5.41, 5.74) is 7.60. The smallest absolute Gasteiger partial charge is 0.0414 e. The van der Waals surface area contributed by atoms with E-state index in [4.69, 9.17) is 17.3 Å². The summed E-state index contributed by atoms with van der Waals surface area (Å²) in [7, 11) is 0. The largest absolute Gasteiger partial charge is 0.327 e. The van der Waals surface area contributed by atoms with Gasteiger partial charge in [-0.2, -0.15) is 0 Å². The molecular weight excluding hydrogens is 170 g/mol. The van der Waals surface area contributed by atoms with Crippen molar-refractivity contribution in [3.8, 4) is 0 Å². The first kappa shape index (κ1) is 9.30. The van der Waals surface area contributed by atoms with Crippen molar-refractivity contribution in [3.63, 3.8) is 0 Å². The Morgan fingerprint density at radius 3 is 2.75 bits per heavy atom. The fourth-order valence-electron chi connectivity index (χ4n) is 1.06. The van der Waals surface area contributed by atoms with Gasteiger partial charge in [-0.3, -0.25) is 0 Å². The van der Waals surface area contributed by atoms with Gasteiger partial charge in [0.25, 0.3) is 0 Å². The minimum absolute atomic E-state index is 0.561. The van der Waals surface area contributed by atoms with Crippen LogP contribution < -0.4 is 5.73 Å². The van der Waals surface area contributed by atoms with Crippen LogP contribution in [0, 0.1) is 6.92 Å². The summed E-state index contributed by atoms with van der Waals surface area (Å²) in [5.74, 6) is 0. The lowest BCUT2D eigenvalue weighted by molar-refractivity contribution is 1.26. The van der Waals surface area contributed by atoms with Crippen molar-refractivity contribution < 1.29 is 0 Å². The van der Waals surface area contributed by atoms with Crippen molar-refractivity contribution in [3.05, 3.63) is 40.4 Å². The number of aryl methyl sites for hydroxylation is 1. The first-order valence-electron chi connectivity index (χ1n) is 3.86. The van der Waals surface area contributed by atoms with Crippen LogP contribution in [0.4, 0.5) is 0 Å². The van der Waals surface area contributed by atoms with Crippen molar-refractivity contribution in [1.29, 1.82) is 0 Å². The molecule has 0 aliphatic heterocycles. The number of hydrogen-bond donors (Lipinski definition) is 1. The molecule has 1 rings (SSSR count). The predicted molar refractivity (Wildman–Crippen MR) is 54.3 cm³/mol. The van der Waals surface area contributed by atoms with E-state index in [1.807, 2.05) is 31.2 Å². The molecule has 1 aromatic rings. The molecule has 1 aromatic carbocycles. The second-order valence-corrected chi connectivity index (χ2v) is 3.14. The first-order valence-corrected chi connectivity index (χ1v) is 4.24. The third-order valence-electron chi connectivity index (χ3n) is 1.51. The summed E-state index contributed by atoms with van der Waals surface area (Å²) < 4.78 is 0. The lowest BCUT2D eigenvalue weighted by atomic mass is 10.1. The number of hydrogen-bond acceptors (Lipinski definition) is 1. The summed E-state index contributed by atoms with van der Waals surface area (Å²) in [6, 6.07) is 5.92. The highest BCUT2D eigenvalue weighted by atomic mass is 35.5. The highest BCUT2D eigenvalue weighted by Gasteiger charge is 1.92. The fraction of sp³-hybridized carbons (Fsp3) is 0.200. The molecule has 0 radical (unpaired) electrons. The van der Waals surface area contributed by atoms with E-state index < -0.39 is 0 Å². The highest BCUT2D eigenvalue weighted by molar-refractivity contribution is 6.30. The summed E-state index contributed by atoms with van der Waals surface area (Å²) in [6.07, 6.45) is 3.88. The van der Waals surface area contributed by atoms with Crippen LogP contribution in [0.1, 0.15) is 11.1 Å². The molecule has 0 bridgehead atoms. The summed E-state index contributed by atoms with van der Waals surface area (Å²) in [4.78, 5) is 0. The molecule has 0 unspecified atom stereocenters. The van der Waals surface area contributed by atoms with E-state index >= 15 is 0 Å². The Morgan fingerprint density at radius 1 is 1.42 bits per heavy atom. The van der Waals surface area contributed by atoms with E-state index in [0.29, 0.717) is 6.54 Å². The van der Waals surface area contributed by atoms with Crippen LogP contribution in [0.5, 0.6) is 0 Å². The molecule has 12 heavy (non-hydrogen) atoms. The van der Waals surface area contributed by atoms with Crippen LogP contribution in [0.2, 0.25) is 5.02 Å². The van der Waals surface area contributed by atoms with Gasteiger partial charge in [-0.25, -0.2) is 0 Å². The van der Waals surface area contributed by atoms with E-state index in [-0.39, 0.29) is 0 Å². The zero-order chi connectivity index (χ0) is 8.97. The fourth-order valence-corrected chi connectivity index (χ4v) is 1.36. The molecule has 0 saturated heterocycles. The van der Waals surface area contributed by atoms with Gasteiger partial charge in [0.05, 0.1) is 0 Å². The molecule has 0 saturated carbocycles. The Hall–Kier alpha value is -0.790. The number of rotatable bonds is 2. The van der Waals surface area contributed by atoms with Crippen LogP contribution in [-0.2, 0) is 0 Å². The second-order valence-electron chi connectivity index (χ2n) is 2.70.